The number of sulfonamides is 1. The van der Waals surface area contributed by atoms with Crippen LogP contribution in [-0.2, 0) is 29.4 Å². The third kappa shape index (κ3) is 4.29. The van der Waals surface area contributed by atoms with Crippen LogP contribution in [-0.4, -0.2) is 20.6 Å². The van der Waals surface area contributed by atoms with Crippen molar-refractivity contribution in [3.8, 4) is 0 Å². The fraction of sp³-hybridized carbons (Fsp3) is 0.179. The van der Waals surface area contributed by atoms with Gasteiger partial charge in [0.15, 0.2) is 0 Å². The predicted octanol–water partition coefficient (Wildman–Crippen LogP) is 5.47. The molecule has 5 rings (SSSR count). The van der Waals surface area contributed by atoms with Crippen molar-refractivity contribution in [3.05, 3.63) is 107 Å². The number of aryl methyl sites for hydroxylation is 3. The van der Waals surface area contributed by atoms with Crippen LogP contribution < -0.4 is 9.62 Å². The molecule has 4 aromatic rings. The number of carbonyl (C=O) groups excluding carboxylic acids is 1. The Balaban J connectivity index is 1.38. The monoisotopic (exact) mass is 470 g/mol. The normalized spacial score (nSPS) is 12.6. The molecule has 0 aliphatic heterocycles. The maximum atomic E-state index is 13.0. The van der Waals surface area contributed by atoms with Crippen LogP contribution in [0.2, 0.25) is 0 Å². The summed E-state index contributed by atoms with van der Waals surface area (Å²) in [5.41, 5.74) is 6.43. The fourth-order valence-electron chi connectivity index (χ4n) is 4.59. The molecule has 0 bridgehead atoms. The predicted molar refractivity (Wildman–Crippen MR) is 138 cm³/mol. The second kappa shape index (κ2) is 8.61. The smallest absolute Gasteiger partial charge is 0.255 e. The summed E-state index contributed by atoms with van der Waals surface area (Å²) < 4.78 is 26.3. The number of nitrogens with zero attached hydrogens (tertiary/aromatic N) is 1. The molecule has 34 heavy (non-hydrogen) atoms. The van der Waals surface area contributed by atoms with Gasteiger partial charge in [0.2, 0.25) is 10.0 Å². The van der Waals surface area contributed by atoms with Crippen LogP contribution in [0.5, 0.6) is 0 Å². The number of carbonyl (C=O) groups is 1. The number of hydrogen-bond donors (Lipinski definition) is 1. The van der Waals surface area contributed by atoms with Crippen molar-refractivity contribution in [2.24, 2.45) is 0 Å². The van der Waals surface area contributed by atoms with E-state index in [1.54, 1.807) is 24.3 Å². The first-order valence-corrected chi connectivity index (χ1v) is 13.1. The molecule has 0 saturated carbocycles. The molecule has 4 aromatic carbocycles. The van der Waals surface area contributed by atoms with Gasteiger partial charge in [-0.1, -0.05) is 54.1 Å². The summed E-state index contributed by atoms with van der Waals surface area (Å²) in [5.74, 6) is -0.227. The summed E-state index contributed by atoms with van der Waals surface area (Å²) >= 11 is 0. The average molecular weight is 471 g/mol. The highest BCUT2D eigenvalue weighted by molar-refractivity contribution is 7.92. The Morgan fingerprint density at radius 1 is 0.882 bits per heavy atom. The third-order valence-corrected chi connectivity index (χ3v) is 7.53. The summed E-state index contributed by atoms with van der Waals surface area (Å²) in [6.07, 6.45) is 3.26. The SMILES string of the molecule is Cc1ccc(CN(c2ccc(C(=O)Nc3ccc4c5c(cccc35)CC4)cc2)S(C)(=O)=O)cc1. The Bertz CT molecular complexity index is 1480. The topological polar surface area (TPSA) is 66.5 Å². The summed E-state index contributed by atoms with van der Waals surface area (Å²) in [7, 11) is -3.50. The van der Waals surface area contributed by atoms with Crippen molar-refractivity contribution < 1.29 is 13.2 Å². The van der Waals surface area contributed by atoms with Crippen LogP contribution in [0.1, 0.15) is 32.6 Å². The lowest BCUT2D eigenvalue weighted by molar-refractivity contribution is 0.102. The number of anilines is 2. The number of rotatable bonds is 6. The Morgan fingerprint density at radius 2 is 1.56 bits per heavy atom. The lowest BCUT2D eigenvalue weighted by Gasteiger charge is -2.23. The standard InChI is InChI=1S/C28H26N2O3S/c1-19-6-8-20(9-7-19)18-30(34(2,32)33)24-15-12-23(13-16-24)28(31)29-26-17-14-22-11-10-21-4-3-5-25(26)27(21)22/h3-9,12-17H,10-11,18H2,1-2H3,(H,29,31). The second-order valence-electron chi connectivity index (χ2n) is 8.87. The minimum Gasteiger partial charge on any atom is -0.321 e. The number of amides is 1. The first-order valence-electron chi connectivity index (χ1n) is 11.3. The summed E-state index contributed by atoms with van der Waals surface area (Å²) in [6, 6.07) is 24.7. The van der Waals surface area contributed by atoms with E-state index in [1.165, 1.54) is 27.1 Å². The largest absolute Gasteiger partial charge is 0.321 e. The van der Waals surface area contributed by atoms with Gasteiger partial charge in [-0.25, -0.2) is 8.42 Å². The van der Waals surface area contributed by atoms with Crippen molar-refractivity contribution in [2.45, 2.75) is 26.3 Å². The molecule has 172 valence electrons. The lowest BCUT2D eigenvalue weighted by atomic mass is 10.0. The minimum absolute atomic E-state index is 0.227. The highest BCUT2D eigenvalue weighted by Crippen LogP contribution is 2.35. The molecular formula is C28H26N2O3S. The molecule has 0 unspecified atom stereocenters. The Labute approximate surface area is 200 Å². The maximum absolute atomic E-state index is 13.0. The van der Waals surface area contributed by atoms with Crippen molar-refractivity contribution >= 4 is 38.1 Å². The first-order chi connectivity index (χ1) is 16.3. The molecule has 0 heterocycles. The molecule has 1 aliphatic carbocycles. The highest BCUT2D eigenvalue weighted by atomic mass is 32.2. The molecule has 6 heteroatoms. The van der Waals surface area contributed by atoms with Gasteiger partial charge in [0.25, 0.3) is 5.91 Å². The molecule has 5 nitrogen and oxygen atoms in total. The van der Waals surface area contributed by atoms with Gasteiger partial charge < -0.3 is 5.32 Å². The zero-order valence-corrected chi connectivity index (χ0v) is 20.0. The summed E-state index contributed by atoms with van der Waals surface area (Å²) in [5, 5.41) is 5.34. The second-order valence-corrected chi connectivity index (χ2v) is 10.8. The molecule has 0 atom stereocenters. The van der Waals surface area contributed by atoms with E-state index in [9.17, 15) is 13.2 Å². The van der Waals surface area contributed by atoms with Crippen molar-refractivity contribution in [1.29, 1.82) is 0 Å². The summed E-state index contributed by atoms with van der Waals surface area (Å²) in [6.45, 7) is 2.22. The maximum Gasteiger partial charge on any atom is 0.255 e. The molecular weight excluding hydrogens is 444 g/mol. The number of hydrogen-bond acceptors (Lipinski definition) is 3. The quantitative estimate of drug-likeness (QED) is 0.407. The highest BCUT2D eigenvalue weighted by Gasteiger charge is 2.20. The van der Waals surface area contributed by atoms with Crippen LogP contribution in [0.4, 0.5) is 11.4 Å². The van der Waals surface area contributed by atoms with Crippen LogP contribution in [0.3, 0.4) is 0 Å². The van der Waals surface area contributed by atoms with Crippen molar-refractivity contribution in [3.63, 3.8) is 0 Å². The van der Waals surface area contributed by atoms with Gasteiger partial charge in [0.05, 0.1) is 18.5 Å². The molecule has 0 spiro atoms. The fourth-order valence-corrected chi connectivity index (χ4v) is 5.48. The first kappa shape index (κ1) is 22.2. The molecule has 1 N–H and O–H groups in total. The van der Waals surface area contributed by atoms with Gasteiger partial charge in [-0.05, 0) is 72.2 Å². The van der Waals surface area contributed by atoms with E-state index in [0.29, 0.717) is 11.3 Å². The third-order valence-electron chi connectivity index (χ3n) is 6.39. The number of nitrogens with one attached hydrogen (secondary N) is 1. The van der Waals surface area contributed by atoms with Crippen LogP contribution in [0.25, 0.3) is 10.8 Å². The van der Waals surface area contributed by atoms with E-state index < -0.39 is 10.0 Å². The van der Waals surface area contributed by atoms with Gasteiger partial charge in [-0.15, -0.1) is 0 Å². The van der Waals surface area contributed by atoms with Gasteiger partial charge in [0, 0.05) is 16.6 Å². The average Bonchev–Trinajstić information content (AvgIpc) is 3.24. The van der Waals surface area contributed by atoms with Crippen LogP contribution in [0.15, 0.2) is 78.9 Å². The van der Waals surface area contributed by atoms with Gasteiger partial charge in [-0.2, -0.15) is 0 Å². The molecule has 0 fully saturated rings. The zero-order valence-electron chi connectivity index (χ0n) is 19.2. The van der Waals surface area contributed by atoms with E-state index in [2.05, 4.69) is 17.4 Å². The van der Waals surface area contributed by atoms with E-state index in [1.807, 2.05) is 49.4 Å². The Morgan fingerprint density at radius 3 is 2.24 bits per heavy atom. The summed E-state index contributed by atoms with van der Waals surface area (Å²) in [4.78, 5) is 13.0. The molecule has 0 saturated heterocycles. The van der Waals surface area contributed by atoms with E-state index in [0.717, 1.165) is 35.0 Å². The van der Waals surface area contributed by atoms with Crippen molar-refractivity contribution in [1.82, 2.24) is 0 Å². The number of benzene rings is 4. The van der Waals surface area contributed by atoms with E-state index >= 15 is 0 Å². The zero-order chi connectivity index (χ0) is 23.9. The Kier molecular flexibility index (Phi) is 5.62. The molecule has 1 amide bonds. The molecule has 0 aromatic heterocycles. The van der Waals surface area contributed by atoms with Crippen molar-refractivity contribution in [2.75, 3.05) is 15.9 Å². The van der Waals surface area contributed by atoms with E-state index in [4.69, 9.17) is 0 Å². The molecule has 0 radical (unpaired) electrons. The minimum atomic E-state index is -3.50. The van der Waals surface area contributed by atoms with Gasteiger partial charge in [-0.3, -0.25) is 9.10 Å². The molecule has 1 aliphatic rings. The van der Waals surface area contributed by atoms with Crippen LogP contribution in [0, 0.1) is 6.92 Å². The van der Waals surface area contributed by atoms with Gasteiger partial charge in [0.1, 0.15) is 0 Å². The van der Waals surface area contributed by atoms with Gasteiger partial charge >= 0.3 is 0 Å². The van der Waals surface area contributed by atoms with E-state index in [-0.39, 0.29) is 12.5 Å². The van der Waals surface area contributed by atoms with Crippen LogP contribution >= 0.6 is 0 Å². The lowest BCUT2D eigenvalue weighted by Crippen LogP contribution is -2.29. The Hall–Kier alpha value is -3.64.